The van der Waals surface area contributed by atoms with Crippen molar-refractivity contribution in [3.8, 4) is 0 Å². The number of hydrogen-bond acceptors (Lipinski definition) is 0. The molecule has 0 spiro atoms. The van der Waals surface area contributed by atoms with E-state index in [0.29, 0.717) is 0 Å². The van der Waals surface area contributed by atoms with Gasteiger partial charge in [-0.2, -0.15) is 0 Å². The van der Waals surface area contributed by atoms with Crippen LogP contribution in [0.1, 0.15) is 6.92 Å². The Morgan fingerprint density at radius 1 is 1.25 bits per heavy atom. The van der Waals surface area contributed by atoms with Crippen LogP contribution >= 0.6 is 0 Å². The third-order valence-electron chi connectivity index (χ3n) is 0.236. The van der Waals surface area contributed by atoms with Crippen LogP contribution in [0.2, 0.25) is 0 Å². The molecule has 0 aliphatic rings. The summed E-state index contributed by atoms with van der Waals surface area (Å²) in [7, 11) is 0. The minimum Gasteiger partial charge on any atom is -0.358 e. The van der Waals surface area contributed by atoms with E-state index in [1.54, 1.807) is 6.08 Å². The standard InChI is InChI=1S/C4H7.2CH3.Li.Mn/c1-3-4-2;;;;/h3-4H,1H2,2H3;2*1H3;;/q3*-1;;+3/b4-3+;;;;. The second-order valence-corrected chi connectivity index (χ2v) is 0.569. The van der Waals surface area contributed by atoms with Gasteiger partial charge in [-0.25, -0.2) is 19.1 Å². The molecule has 1 radical (unpaired) electrons. The summed E-state index contributed by atoms with van der Waals surface area (Å²) in [5.41, 5.74) is 0. The maximum atomic E-state index is 3.42. The van der Waals surface area contributed by atoms with Crippen LogP contribution < -0.4 is 0 Å². The van der Waals surface area contributed by atoms with E-state index in [0.717, 1.165) is 0 Å². The first kappa shape index (κ1) is 37.5. The molecule has 0 aromatic rings. The smallest absolute Gasteiger partial charge is 0.358 e. The van der Waals surface area contributed by atoms with Gasteiger partial charge in [0.25, 0.3) is 0 Å². The van der Waals surface area contributed by atoms with E-state index in [-0.39, 0.29) is 50.8 Å². The van der Waals surface area contributed by atoms with Crippen molar-refractivity contribution < 1.29 is 17.1 Å². The summed E-state index contributed by atoms with van der Waals surface area (Å²) in [6, 6.07) is 0. The minimum atomic E-state index is 0. The Kier molecular flexibility index (Phi) is 220. The SMILES string of the molecule is [CH2-]/C=C/C.[CH3-].[CH3-].[Li].[Mn+3]. The predicted octanol–water partition coefficient (Wildman–Crippen LogP) is 1.91. The zero-order chi connectivity index (χ0) is 3.41. The molecule has 0 heterocycles. The Hall–Kier alpha value is 0.727. The van der Waals surface area contributed by atoms with Crippen molar-refractivity contribution in [2.75, 3.05) is 0 Å². The van der Waals surface area contributed by atoms with Crippen LogP contribution in [0.25, 0.3) is 0 Å². The van der Waals surface area contributed by atoms with Gasteiger partial charge in [-0.05, 0) is 0 Å². The average molecular weight is 147 g/mol. The van der Waals surface area contributed by atoms with E-state index in [1.807, 2.05) is 13.0 Å². The summed E-state index contributed by atoms with van der Waals surface area (Å²) in [5, 5.41) is 0. The first-order valence-corrected chi connectivity index (χ1v) is 1.32. The van der Waals surface area contributed by atoms with E-state index in [9.17, 15) is 0 Å². The Balaban J connectivity index is -0.00000000750. The molecular formula is C6H13LiMn. The van der Waals surface area contributed by atoms with Crippen LogP contribution in [-0.2, 0) is 17.1 Å². The van der Waals surface area contributed by atoms with Crippen molar-refractivity contribution in [1.29, 1.82) is 0 Å². The van der Waals surface area contributed by atoms with Gasteiger partial charge in [0.1, 0.15) is 0 Å². The third kappa shape index (κ3) is 74.0. The average Bonchev–Trinajstić information content (AvgIpc) is 1.37. The van der Waals surface area contributed by atoms with Gasteiger partial charge in [0.2, 0.25) is 0 Å². The minimum absolute atomic E-state index is 0. The summed E-state index contributed by atoms with van der Waals surface area (Å²) in [6.45, 7) is 5.36. The molecule has 0 aliphatic heterocycles. The van der Waals surface area contributed by atoms with E-state index >= 15 is 0 Å². The molecule has 0 nitrogen and oxygen atoms in total. The molecule has 0 rings (SSSR count). The Morgan fingerprint density at radius 3 is 1.38 bits per heavy atom. The van der Waals surface area contributed by atoms with Gasteiger partial charge < -0.3 is 14.9 Å². The van der Waals surface area contributed by atoms with Crippen LogP contribution in [0.4, 0.5) is 0 Å². The van der Waals surface area contributed by atoms with E-state index in [1.165, 1.54) is 0 Å². The van der Waals surface area contributed by atoms with E-state index in [4.69, 9.17) is 0 Å². The van der Waals surface area contributed by atoms with Crippen LogP contribution in [0, 0.1) is 21.8 Å². The molecule has 0 aliphatic carbocycles. The van der Waals surface area contributed by atoms with Crippen molar-refractivity contribution in [3.63, 3.8) is 0 Å². The summed E-state index contributed by atoms with van der Waals surface area (Å²) < 4.78 is 0. The molecule has 0 aromatic heterocycles. The molecule has 45 valence electrons. The Bertz CT molecular complexity index is 23.7. The molecule has 0 saturated carbocycles. The van der Waals surface area contributed by atoms with Crippen molar-refractivity contribution >= 4 is 18.9 Å². The second kappa shape index (κ2) is 47.0. The molecular weight excluding hydrogens is 134 g/mol. The molecule has 0 atom stereocenters. The molecule has 0 fully saturated rings. The first-order chi connectivity index (χ1) is 1.91. The number of rotatable bonds is 0. The zero-order valence-electron chi connectivity index (χ0n) is 6.24. The first-order valence-electron chi connectivity index (χ1n) is 1.32. The van der Waals surface area contributed by atoms with Gasteiger partial charge in [-0.3, -0.25) is 0 Å². The molecule has 0 bridgehead atoms. The second-order valence-electron chi connectivity index (χ2n) is 0.569. The number of allylic oxidation sites excluding steroid dienone is 2. The predicted molar refractivity (Wildman–Crippen MR) is 38.8 cm³/mol. The van der Waals surface area contributed by atoms with Gasteiger partial charge in [-0.15, -0.1) is 6.92 Å². The molecule has 2 heteroatoms. The molecule has 8 heavy (non-hydrogen) atoms. The topological polar surface area (TPSA) is 0 Å². The van der Waals surface area contributed by atoms with Gasteiger partial charge in [-0.1, -0.05) is 0 Å². The quantitative estimate of drug-likeness (QED) is 0.362. The van der Waals surface area contributed by atoms with Crippen LogP contribution in [-0.4, -0.2) is 18.9 Å². The largest absolute Gasteiger partial charge is 3.00 e. The van der Waals surface area contributed by atoms with Gasteiger partial charge >= 0.3 is 17.1 Å². The maximum Gasteiger partial charge on any atom is 3.00 e. The molecule has 0 aromatic carbocycles. The maximum absolute atomic E-state index is 3.42. The summed E-state index contributed by atoms with van der Waals surface area (Å²) >= 11 is 0. The fourth-order valence-corrected chi connectivity index (χ4v) is 0. The van der Waals surface area contributed by atoms with Crippen molar-refractivity contribution in [2.45, 2.75) is 6.92 Å². The molecule has 0 N–H and O–H groups in total. The van der Waals surface area contributed by atoms with Crippen molar-refractivity contribution in [1.82, 2.24) is 0 Å². The van der Waals surface area contributed by atoms with Gasteiger partial charge in [0, 0.05) is 18.9 Å². The van der Waals surface area contributed by atoms with Gasteiger partial charge in [0.15, 0.2) is 0 Å². The van der Waals surface area contributed by atoms with E-state index in [2.05, 4.69) is 6.92 Å². The molecule has 0 amide bonds. The monoisotopic (exact) mass is 147 g/mol. The van der Waals surface area contributed by atoms with Crippen LogP contribution in [0.15, 0.2) is 12.2 Å². The fraction of sp³-hybridized carbons (Fsp3) is 0.167. The van der Waals surface area contributed by atoms with Crippen molar-refractivity contribution in [3.05, 3.63) is 33.9 Å². The zero-order valence-corrected chi connectivity index (χ0v) is 7.42. The van der Waals surface area contributed by atoms with E-state index < -0.39 is 0 Å². The third-order valence-corrected chi connectivity index (χ3v) is 0.236. The van der Waals surface area contributed by atoms with Crippen LogP contribution in [0.5, 0.6) is 0 Å². The van der Waals surface area contributed by atoms with Crippen LogP contribution in [0.3, 0.4) is 0 Å². The summed E-state index contributed by atoms with van der Waals surface area (Å²) in [6.07, 6.45) is 3.64. The fourth-order valence-electron chi connectivity index (χ4n) is 0. The molecule has 0 saturated heterocycles. The van der Waals surface area contributed by atoms with Gasteiger partial charge in [0.05, 0.1) is 0 Å². The van der Waals surface area contributed by atoms with Crippen molar-refractivity contribution in [2.24, 2.45) is 0 Å². The Labute approximate surface area is 76.8 Å². The summed E-state index contributed by atoms with van der Waals surface area (Å²) in [5.74, 6) is 0. The number of hydrogen-bond donors (Lipinski definition) is 0. The summed E-state index contributed by atoms with van der Waals surface area (Å²) in [4.78, 5) is 0. The Morgan fingerprint density at radius 2 is 1.38 bits per heavy atom. The normalized spacial score (nSPS) is 4.62. The molecule has 0 unspecified atom stereocenters.